The van der Waals surface area contributed by atoms with Crippen molar-refractivity contribution in [1.82, 2.24) is 15.1 Å². The summed E-state index contributed by atoms with van der Waals surface area (Å²) >= 11 is 0. The zero-order valence-electron chi connectivity index (χ0n) is 15.0. The Morgan fingerprint density at radius 2 is 2.08 bits per heavy atom. The normalized spacial score (nSPS) is 17.5. The fraction of sp³-hybridized carbons (Fsp3) is 0.706. The van der Waals surface area contributed by atoms with Gasteiger partial charge in [0.05, 0.1) is 0 Å². The Hall–Kier alpha value is -2.05. The fourth-order valence-electron chi connectivity index (χ4n) is 2.95. The fourth-order valence-corrected chi connectivity index (χ4v) is 2.95. The van der Waals surface area contributed by atoms with Crippen molar-refractivity contribution < 1.29 is 19.4 Å². The standard InChI is InChI=1S/C17H27N3O4/c1-10(2)9-20-13-7-6-11(18-16(23)24-17(3,4)5)8-12(13)14(19-20)15(21)22/h10-11H,6-9H2,1-5H3,(H,18,23)(H,21,22). The molecule has 1 heterocycles. The van der Waals surface area contributed by atoms with Gasteiger partial charge in [0, 0.05) is 23.8 Å². The SMILES string of the molecule is CC(C)Cn1nc(C(=O)O)c2c1CCC(NC(=O)OC(C)(C)C)C2. The van der Waals surface area contributed by atoms with E-state index in [0.717, 1.165) is 17.7 Å². The Labute approximate surface area is 142 Å². The summed E-state index contributed by atoms with van der Waals surface area (Å²) in [4.78, 5) is 23.4. The molecule has 2 rings (SSSR count). The van der Waals surface area contributed by atoms with Gasteiger partial charge in [-0.15, -0.1) is 0 Å². The molecule has 1 aliphatic carbocycles. The predicted molar refractivity (Wildman–Crippen MR) is 89.2 cm³/mol. The minimum Gasteiger partial charge on any atom is -0.476 e. The molecule has 0 radical (unpaired) electrons. The van der Waals surface area contributed by atoms with Gasteiger partial charge in [-0.05, 0) is 46.0 Å². The number of nitrogens with one attached hydrogen (secondary N) is 1. The van der Waals surface area contributed by atoms with Crippen LogP contribution in [0.2, 0.25) is 0 Å². The molecular formula is C17H27N3O4. The molecule has 0 bridgehead atoms. The number of hydrogen-bond acceptors (Lipinski definition) is 4. The van der Waals surface area contributed by atoms with Crippen molar-refractivity contribution in [2.45, 2.75) is 72.1 Å². The minimum absolute atomic E-state index is 0.0985. The Morgan fingerprint density at radius 1 is 1.42 bits per heavy atom. The first-order valence-electron chi connectivity index (χ1n) is 8.38. The van der Waals surface area contributed by atoms with Crippen LogP contribution in [0.25, 0.3) is 0 Å². The van der Waals surface area contributed by atoms with E-state index in [9.17, 15) is 14.7 Å². The van der Waals surface area contributed by atoms with E-state index in [1.165, 1.54) is 0 Å². The summed E-state index contributed by atoms with van der Waals surface area (Å²) in [6, 6.07) is -0.137. The highest BCUT2D eigenvalue weighted by molar-refractivity contribution is 5.87. The molecule has 1 aromatic heterocycles. The van der Waals surface area contributed by atoms with Crippen LogP contribution < -0.4 is 5.32 Å². The first-order chi connectivity index (χ1) is 11.1. The van der Waals surface area contributed by atoms with E-state index in [-0.39, 0.29) is 11.7 Å². The predicted octanol–water partition coefficient (Wildman–Crippen LogP) is 2.62. The monoisotopic (exact) mass is 337 g/mol. The number of carboxylic acid groups (broad SMARTS) is 1. The molecule has 7 heteroatoms. The van der Waals surface area contributed by atoms with Gasteiger partial charge >= 0.3 is 12.1 Å². The van der Waals surface area contributed by atoms with Crippen molar-refractivity contribution in [1.29, 1.82) is 0 Å². The second-order valence-corrected chi connectivity index (χ2v) is 7.74. The number of alkyl carbamates (subject to hydrolysis) is 1. The van der Waals surface area contributed by atoms with E-state index < -0.39 is 17.7 Å². The first kappa shape index (κ1) is 18.3. The number of hydrogen-bond donors (Lipinski definition) is 2. The summed E-state index contributed by atoms with van der Waals surface area (Å²) in [5, 5.41) is 16.5. The van der Waals surface area contributed by atoms with Crippen LogP contribution >= 0.6 is 0 Å². The number of carbonyl (C=O) groups is 2. The van der Waals surface area contributed by atoms with Gasteiger partial charge in [-0.1, -0.05) is 13.8 Å². The van der Waals surface area contributed by atoms with Crippen molar-refractivity contribution in [2.75, 3.05) is 0 Å². The van der Waals surface area contributed by atoms with Crippen LogP contribution in [-0.4, -0.2) is 38.6 Å². The third kappa shape index (κ3) is 4.49. The highest BCUT2D eigenvalue weighted by Crippen LogP contribution is 2.26. The van der Waals surface area contributed by atoms with Gasteiger partial charge in [0.2, 0.25) is 0 Å². The zero-order chi connectivity index (χ0) is 18.1. The molecule has 1 unspecified atom stereocenters. The quantitative estimate of drug-likeness (QED) is 0.881. The molecule has 2 N–H and O–H groups in total. The van der Waals surface area contributed by atoms with Crippen molar-refractivity contribution in [2.24, 2.45) is 5.92 Å². The van der Waals surface area contributed by atoms with Gasteiger partial charge in [-0.3, -0.25) is 4.68 Å². The molecule has 24 heavy (non-hydrogen) atoms. The third-order valence-electron chi connectivity index (χ3n) is 3.81. The topological polar surface area (TPSA) is 93.5 Å². The van der Waals surface area contributed by atoms with Crippen molar-refractivity contribution in [3.8, 4) is 0 Å². The van der Waals surface area contributed by atoms with Crippen LogP contribution in [0.3, 0.4) is 0 Å². The Bertz CT molecular complexity index is 629. The van der Waals surface area contributed by atoms with Crippen molar-refractivity contribution in [3.63, 3.8) is 0 Å². The molecule has 1 atom stereocenters. The van der Waals surface area contributed by atoms with Crippen LogP contribution in [0.15, 0.2) is 0 Å². The summed E-state index contributed by atoms with van der Waals surface area (Å²) in [6.07, 6.45) is 1.44. The molecule has 0 saturated heterocycles. The van der Waals surface area contributed by atoms with Gasteiger partial charge < -0.3 is 15.2 Å². The molecule has 1 aliphatic rings. The van der Waals surface area contributed by atoms with Crippen LogP contribution in [0.5, 0.6) is 0 Å². The second kappa shape index (κ2) is 6.83. The maximum absolute atomic E-state index is 11.9. The van der Waals surface area contributed by atoms with Crippen LogP contribution in [0, 0.1) is 5.92 Å². The molecule has 134 valence electrons. The van der Waals surface area contributed by atoms with Crippen LogP contribution in [0.4, 0.5) is 4.79 Å². The molecule has 0 aromatic carbocycles. The summed E-state index contributed by atoms with van der Waals surface area (Å²) < 4.78 is 7.09. The van der Waals surface area contributed by atoms with Crippen LogP contribution in [-0.2, 0) is 24.1 Å². The summed E-state index contributed by atoms with van der Waals surface area (Å²) in [7, 11) is 0. The molecular weight excluding hydrogens is 310 g/mol. The number of rotatable bonds is 4. The smallest absolute Gasteiger partial charge is 0.407 e. The van der Waals surface area contributed by atoms with E-state index in [2.05, 4.69) is 24.3 Å². The molecule has 0 fully saturated rings. The van der Waals surface area contributed by atoms with E-state index in [1.54, 1.807) is 0 Å². The molecule has 7 nitrogen and oxygen atoms in total. The summed E-state index contributed by atoms with van der Waals surface area (Å²) in [6.45, 7) is 10.3. The molecule has 0 spiro atoms. The molecule has 1 amide bonds. The molecule has 0 saturated carbocycles. The number of nitrogens with zero attached hydrogens (tertiary/aromatic N) is 2. The zero-order valence-corrected chi connectivity index (χ0v) is 15.0. The minimum atomic E-state index is -1.02. The van der Waals surface area contributed by atoms with E-state index >= 15 is 0 Å². The second-order valence-electron chi connectivity index (χ2n) is 7.74. The molecule has 0 aliphatic heterocycles. The maximum atomic E-state index is 11.9. The Morgan fingerprint density at radius 3 is 2.62 bits per heavy atom. The van der Waals surface area contributed by atoms with Gasteiger partial charge in [0.15, 0.2) is 5.69 Å². The molecule has 1 aromatic rings. The lowest BCUT2D eigenvalue weighted by molar-refractivity contribution is 0.0500. The number of fused-ring (bicyclic) bond motifs is 1. The van der Waals surface area contributed by atoms with Gasteiger partial charge in [-0.25, -0.2) is 9.59 Å². The lowest BCUT2D eigenvalue weighted by Crippen LogP contribution is -2.42. The third-order valence-corrected chi connectivity index (χ3v) is 3.81. The van der Waals surface area contributed by atoms with Crippen molar-refractivity contribution in [3.05, 3.63) is 17.0 Å². The van der Waals surface area contributed by atoms with Crippen LogP contribution in [0.1, 0.15) is 62.8 Å². The maximum Gasteiger partial charge on any atom is 0.407 e. The number of aromatic nitrogens is 2. The first-order valence-corrected chi connectivity index (χ1v) is 8.38. The van der Waals surface area contributed by atoms with Gasteiger partial charge in [0.25, 0.3) is 0 Å². The number of carboxylic acids is 1. The largest absolute Gasteiger partial charge is 0.476 e. The lowest BCUT2D eigenvalue weighted by atomic mass is 9.91. The van der Waals surface area contributed by atoms with Gasteiger partial charge in [-0.2, -0.15) is 5.10 Å². The Kier molecular flexibility index (Phi) is 5.20. The van der Waals surface area contributed by atoms with E-state index in [0.29, 0.717) is 25.3 Å². The van der Waals surface area contributed by atoms with Crippen molar-refractivity contribution >= 4 is 12.1 Å². The van der Waals surface area contributed by atoms with Gasteiger partial charge in [0.1, 0.15) is 5.60 Å². The number of carbonyl (C=O) groups excluding carboxylic acids is 1. The summed E-state index contributed by atoms with van der Waals surface area (Å²) in [5.74, 6) is -0.639. The Balaban J connectivity index is 2.16. The number of aromatic carboxylic acids is 1. The number of ether oxygens (including phenoxy) is 1. The average Bonchev–Trinajstić information content (AvgIpc) is 2.74. The average molecular weight is 337 g/mol. The highest BCUT2D eigenvalue weighted by atomic mass is 16.6. The van der Waals surface area contributed by atoms with E-state index in [4.69, 9.17) is 4.74 Å². The highest BCUT2D eigenvalue weighted by Gasteiger charge is 2.30. The van der Waals surface area contributed by atoms with E-state index in [1.807, 2.05) is 25.5 Å². The summed E-state index contributed by atoms with van der Waals surface area (Å²) in [5.41, 5.74) is 1.25. The lowest BCUT2D eigenvalue weighted by Gasteiger charge is -2.26. The number of amides is 1.